The van der Waals surface area contributed by atoms with Crippen LogP contribution in [-0.4, -0.2) is 27.3 Å². The van der Waals surface area contributed by atoms with Gasteiger partial charge < -0.3 is 0 Å². The first kappa shape index (κ1) is 9.52. The van der Waals surface area contributed by atoms with Gasteiger partial charge in [-0.05, 0) is 0 Å². The van der Waals surface area contributed by atoms with E-state index in [1.165, 1.54) is 0 Å². The van der Waals surface area contributed by atoms with Crippen molar-refractivity contribution in [2.45, 2.75) is 0 Å². The maximum atomic E-state index is 8.60. The molecule has 0 amide bonds. The largest absolute Gasteiger partial charge is 1.00 e. The fourth-order valence-corrected chi connectivity index (χ4v) is 0. The van der Waals surface area contributed by atoms with E-state index in [1.54, 1.807) is 0 Å². The molecule has 0 aliphatic heterocycles. The van der Waals surface area contributed by atoms with Crippen LogP contribution in [0.15, 0.2) is 0 Å². The fourth-order valence-electron chi connectivity index (χ4n) is 0. The molecule has 0 fully saturated rings. The van der Waals surface area contributed by atoms with Crippen LogP contribution in [0.5, 0.6) is 0 Å². The molecule has 0 bridgehead atoms. The summed E-state index contributed by atoms with van der Waals surface area (Å²) in [5.41, 5.74) is 0. The van der Waals surface area contributed by atoms with Crippen LogP contribution in [0.2, 0.25) is 0 Å². The SMILES string of the molecule is [O]=[Nb](=[O])[O-].[Tl+]. The van der Waals surface area contributed by atoms with Gasteiger partial charge in [0.1, 0.15) is 0 Å². The Kier molecular flexibility index (Phi) is 9.94. The van der Waals surface area contributed by atoms with Gasteiger partial charge in [0.05, 0.1) is 0 Å². The molecular weight excluding hydrogens is 345 g/mol. The molecule has 0 aromatic rings. The van der Waals surface area contributed by atoms with E-state index in [0.717, 1.165) is 0 Å². The minimum atomic E-state index is -4.20. The predicted molar refractivity (Wildman–Crippen MR) is 7.13 cm³/mol. The third-order valence-electron chi connectivity index (χ3n) is 0. The van der Waals surface area contributed by atoms with Crippen LogP contribution >= 0.6 is 0 Å². The summed E-state index contributed by atoms with van der Waals surface area (Å²) in [6.07, 6.45) is 0. The van der Waals surface area contributed by atoms with Crippen molar-refractivity contribution < 1.29 is 28.9 Å². The van der Waals surface area contributed by atoms with Crippen LogP contribution in [0, 0.1) is 0 Å². The first-order valence-electron chi connectivity index (χ1n) is 0.548. The van der Waals surface area contributed by atoms with E-state index in [4.69, 9.17) is 10.1 Å². The zero-order valence-electron chi connectivity index (χ0n) is 2.25. The minimum absolute atomic E-state index is 0. The van der Waals surface area contributed by atoms with Gasteiger partial charge in [-0.1, -0.05) is 0 Å². The molecule has 0 spiro atoms. The van der Waals surface area contributed by atoms with Gasteiger partial charge >= 0.3 is 56.2 Å². The second-order valence-electron chi connectivity index (χ2n) is 0.224. The maximum absolute atomic E-state index is 8.60. The number of hydrogen-bond donors (Lipinski definition) is 0. The molecule has 0 aromatic carbocycles. The van der Waals surface area contributed by atoms with E-state index in [1.807, 2.05) is 0 Å². The van der Waals surface area contributed by atoms with Gasteiger partial charge in [0.2, 0.25) is 0 Å². The molecule has 0 unspecified atom stereocenters. The summed E-state index contributed by atoms with van der Waals surface area (Å²) < 4.78 is 25.8. The molecule has 0 saturated carbocycles. The Balaban J connectivity index is 0. The third kappa shape index (κ3) is 36.3. The smallest absolute Gasteiger partial charge is 1.00 e. The quantitative estimate of drug-likeness (QED) is 0.487. The number of hydrogen-bond acceptors (Lipinski definition) is 3. The summed E-state index contributed by atoms with van der Waals surface area (Å²) in [6.45, 7) is 0. The Morgan fingerprint density at radius 2 is 1.40 bits per heavy atom. The van der Waals surface area contributed by atoms with E-state index in [9.17, 15) is 0 Å². The first-order chi connectivity index (χ1) is 1.73. The van der Waals surface area contributed by atoms with Crippen LogP contribution in [-0.2, 0) is 25.3 Å². The van der Waals surface area contributed by atoms with Crippen LogP contribution in [0.4, 0.5) is 0 Å². The van der Waals surface area contributed by atoms with Crippen molar-refractivity contribution in [3.05, 3.63) is 0 Å². The normalized spacial score (nSPS) is 5.00. The van der Waals surface area contributed by atoms with Gasteiger partial charge in [0, 0.05) is 0 Å². The summed E-state index contributed by atoms with van der Waals surface area (Å²) in [5.74, 6) is 0. The third-order valence-corrected chi connectivity index (χ3v) is 0. The second-order valence-corrected chi connectivity index (χ2v) is 1.32. The Labute approximate surface area is 55.8 Å². The Bertz CT molecular complexity index is 55.3. The van der Waals surface area contributed by atoms with Crippen LogP contribution < -0.4 is 3.61 Å². The Morgan fingerprint density at radius 3 is 1.40 bits per heavy atom. The standard InChI is InChI=1S/Nb.3O.Tl/q;;;-1;+1. The fraction of sp³-hybridized carbons (Fsp3) is 0. The van der Waals surface area contributed by atoms with Crippen molar-refractivity contribution in [1.82, 2.24) is 0 Å². The second kappa shape index (κ2) is 5.22. The van der Waals surface area contributed by atoms with E-state index >= 15 is 0 Å². The molecule has 0 aliphatic rings. The first-order valence-corrected chi connectivity index (χ1v) is 3.24. The monoisotopic (exact) mass is 346 g/mol. The molecule has 0 radical (unpaired) electrons. The van der Waals surface area contributed by atoms with Crippen LogP contribution in [0.3, 0.4) is 0 Å². The maximum Gasteiger partial charge on any atom is 1.00 e. The average Bonchev–Trinajstić information content (AvgIpc) is 0.811. The van der Waals surface area contributed by atoms with E-state index < -0.39 is 18.8 Å². The summed E-state index contributed by atoms with van der Waals surface area (Å²) in [6, 6.07) is 0. The van der Waals surface area contributed by atoms with Gasteiger partial charge in [-0.25, -0.2) is 0 Å². The molecule has 3 nitrogen and oxygen atoms in total. The van der Waals surface area contributed by atoms with Crippen LogP contribution in [0.1, 0.15) is 0 Å². The molecule has 26 valence electrons. The topological polar surface area (TPSA) is 57.2 Å². The van der Waals surface area contributed by atoms with Gasteiger partial charge in [-0.3, -0.25) is 0 Å². The summed E-state index contributed by atoms with van der Waals surface area (Å²) >= 11 is -4.20. The molecule has 5 heteroatoms. The van der Waals surface area contributed by atoms with Crippen molar-refractivity contribution in [3.63, 3.8) is 0 Å². The van der Waals surface area contributed by atoms with E-state index in [-0.39, 0.29) is 27.3 Å². The molecule has 0 aliphatic carbocycles. The van der Waals surface area contributed by atoms with Crippen molar-refractivity contribution in [2.24, 2.45) is 0 Å². The molecular formula is NbO3Tl. The van der Waals surface area contributed by atoms with Gasteiger partial charge in [-0.15, -0.1) is 0 Å². The summed E-state index contributed by atoms with van der Waals surface area (Å²) in [7, 11) is 0. The van der Waals surface area contributed by atoms with Crippen LogP contribution in [0.25, 0.3) is 0 Å². The van der Waals surface area contributed by atoms with Gasteiger partial charge in [0.25, 0.3) is 0 Å². The molecule has 0 atom stereocenters. The molecule has 0 N–H and O–H groups in total. The van der Waals surface area contributed by atoms with Gasteiger partial charge in [0.15, 0.2) is 0 Å². The summed E-state index contributed by atoms with van der Waals surface area (Å²) in [5, 5.41) is 0. The van der Waals surface area contributed by atoms with Crippen molar-refractivity contribution in [3.8, 4) is 0 Å². The Hall–Kier alpha value is 1.22. The van der Waals surface area contributed by atoms with Crippen molar-refractivity contribution in [1.29, 1.82) is 0 Å². The molecule has 0 saturated heterocycles. The number of rotatable bonds is 0. The molecule has 0 aromatic heterocycles. The van der Waals surface area contributed by atoms with E-state index in [2.05, 4.69) is 0 Å². The predicted octanol–water partition coefficient (Wildman–Crippen LogP) is -1.81. The average molecular weight is 345 g/mol. The molecule has 0 heterocycles. The van der Waals surface area contributed by atoms with E-state index in [0.29, 0.717) is 0 Å². The molecule has 5 heavy (non-hydrogen) atoms. The van der Waals surface area contributed by atoms with Crippen molar-refractivity contribution >= 4 is 27.3 Å². The Morgan fingerprint density at radius 1 is 1.40 bits per heavy atom. The van der Waals surface area contributed by atoms with Gasteiger partial charge in [-0.2, -0.15) is 0 Å². The summed E-state index contributed by atoms with van der Waals surface area (Å²) in [4.78, 5) is 0. The minimum Gasteiger partial charge on any atom is 1.00 e. The molecule has 0 rings (SSSR count). The zero-order valence-corrected chi connectivity index (χ0v) is 8.94. The zero-order chi connectivity index (χ0) is 3.58. The van der Waals surface area contributed by atoms with Crippen molar-refractivity contribution in [2.75, 3.05) is 0 Å².